The largest absolute Gasteiger partial charge is 0.586 e. The molecule has 0 saturated heterocycles. The number of rotatable bonds is 5. The monoisotopic (exact) mass is 439 g/mol. The highest BCUT2D eigenvalue weighted by atomic mass is 19.3. The molecule has 1 aliphatic heterocycles. The minimum Gasteiger partial charge on any atom is -0.395 e. The van der Waals surface area contributed by atoms with Crippen molar-refractivity contribution in [3.8, 4) is 22.8 Å². The van der Waals surface area contributed by atoms with Crippen LogP contribution in [0.3, 0.4) is 0 Å². The zero-order valence-electron chi connectivity index (χ0n) is 17.1. The van der Waals surface area contributed by atoms with E-state index in [1.807, 2.05) is 13.0 Å². The van der Waals surface area contributed by atoms with Crippen LogP contribution in [0.4, 0.5) is 14.5 Å². The fraction of sp³-hybridized carbons (Fsp3) is 0.261. The summed E-state index contributed by atoms with van der Waals surface area (Å²) in [4.78, 5) is 32.0. The molecule has 1 aliphatic carbocycles. The number of hydrogen-bond acceptors (Lipinski definition) is 6. The summed E-state index contributed by atoms with van der Waals surface area (Å²) < 4.78 is 35.7. The summed E-state index contributed by atoms with van der Waals surface area (Å²) in [6.07, 6.45) is -0.843. The van der Waals surface area contributed by atoms with Gasteiger partial charge in [-0.15, -0.1) is 8.78 Å². The maximum absolute atomic E-state index is 13.3. The molecule has 7 nitrogen and oxygen atoms in total. The van der Waals surface area contributed by atoms with Crippen molar-refractivity contribution >= 4 is 11.5 Å². The molecule has 9 heteroatoms. The first-order valence-electron chi connectivity index (χ1n) is 10.1. The van der Waals surface area contributed by atoms with Crippen LogP contribution in [0, 0.1) is 6.92 Å². The number of pyridine rings is 2. The van der Waals surface area contributed by atoms with E-state index in [1.54, 1.807) is 18.2 Å². The first kappa shape index (κ1) is 20.2. The number of aryl methyl sites for hydroxylation is 1. The van der Waals surface area contributed by atoms with E-state index in [0.717, 1.165) is 5.56 Å². The average Bonchev–Trinajstić information content (AvgIpc) is 3.48. The van der Waals surface area contributed by atoms with Gasteiger partial charge in [0, 0.05) is 23.9 Å². The van der Waals surface area contributed by atoms with E-state index in [1.165, 1.54) is 18.3 Å². The van der Waals surface area contributed by atoms with E-state index < -0.39 is 11.7 Å². The Morgan fingerprint density at radius 3 is 2.62 bits per heavy atom. The molecule has 1 fully saturated rings. The lowest BCUT2D eigenvalue weighted by molar-refractivity contribution is -0.286. The number of carbonyl (C=O) groups excluding carboxylic acids is 1. The van der Waals surface area contributed by atoms with Crippen molar-refractivity contribution in [3.63, 3.8) is 0 Å². The quantitative estimate of drug-likeness (QED) is 0.630. The maximum Gasteiger partial charge on any atom is 0.586 e. The van der Waals surface area contributed by atoms with Crippen molar-refractivity contribution in [3.05, 3.63) is 69.8 Å². The number of nitrogens with two attached hydrogens (primary N) is 1. The normalized spacial score (nSPS) is 17.2. The lowest BCUT2D eigenvalue weighted by Gasteiger charge is -2.15. The van der Waals surface area contributed by atoms with Crippen LogP contribution in [0.2, 0.25) is 0 Å². The third-order valence-electron chi connectivity index (χ3n) is 5.94. The third-order valence-corrected chi connectivity index (χ3v) is 5.94. The first-order valence-corrected chi connectivity index (χ1v) is 10.1. The van der Waals surface area contributed by atoms with Gasteiger partial charge in [-0.2, -0.15) is 0 Å². The van der Waals surface area contributed by atoms with Gasteiger partial charge in [-0.1, -0.05) is 12.1 Å². The number of anilines is 1. The highest BCUT2D eigenvalue weighted by Crippen LogP contribution is 2.52. The van der Waals surface area contributed by atoms with Gasteiger partial charge < -0.3 is 20.2 Å². The Labute approximate surface area is 181 Å². The first-order chi connectivity index (χ1) is 15.2. The number of Topliss-reactive ketones (excluding diaryl/α,β-unsaturated/α-hetero) is 1. The van der Waals surface area contributed by atoms with Crippen molar-refractivity contribution in [2.75, 3.05) is 5.73 Å². The summed E-state index contributed by atoms with van der Waals surface area (Å²) >= 11 is 0. The third kappa shape index (κ3) is 3.39. The van der Waals surface area contributed by atoms with Crippen LogP contribution in [0.25, 0.3) is 11.3 Å². The van der Waals surface area contributed by atoms with E-state index in [9.17, 15) is 18.4 Å². The van der Waals surface area contributed by atoms with Crippen molar-refractivity contribution in [2.45, 2.75) is 37.9 Å². The summed E-state index contributed by atoms with van der Waals surface area (Å²) in [7, 11) is 0. The van der Waals surface area contributed by atoms with E-state index in [4.69, 9.17) is 5.73 Å². The number of nitrogens with zero attached hydrogens (tertiary/aromatic N) is 1. The molecule has 0 atom stereocenters. The number of benzene rings is 1. The highest BCUT2D eigenvalue weighted by Gasteiger charge is 2.52. The molecule has 3 heterocycles. The smallest absolute Gasteiger partial charge is 0.395 e. The van der Waals surface area contributed by atoms with Crippen LogP contribution in [-0.2, 0) is 16.6 Å². The van der Waals surface area contributed by atoms with E-state index in [0.29, 0.717) is 35.4 Å². The Morgan fingerprint density at radius 2 is 1.91 bits per heavy atom. The molecule has 0 spiro atoms. The summed E-state index contributed by atoms with van der Waals surface area (Å²) in [6.45, 7) is 1.88. The molecule has 0 amide bonds. The number of carbonyl (C=O) groups is 1. The fourth-order valence-corrected chi connectivity index (χ4v) is 4.03. The lowest BCUT2D eigenvalue weighted by atomic mass is 9.88. The van der Waals surface area contributed by atoms with Crippen LogP contribution in [0.1, 0.15) is 29.7 Å². The molecule has 3 aromatic rings. The summed E-state index contributed by atoms with van der Waals surface area (Å²) in [6, 6.07) is 9.67. The summed E-state index contributed by atoms with van der Waals surface area (Å²) in [5.41, 5.74) is 8.00. The van der Waals surface area contributed by atoms with Gasteiger partial charge >= 0.3 is 6.29 Å². The second-order valence-corrected chi connectivity index (χ2v) is 8.15. The summed E-state index contributed by atoms with van der Waals surface area (Å²) in [5, 5.41) is 0. The zero-order valence-corrected chi connectivity index (χ0v) is 17.1. The lowest BCUT2D eigenvalue weighted by Crippen LogP contribution is -2.26. The number of alkyl halides is 2. The van der Waals surface area contributed by atoms with Crippen LogP contribution in [0.5, 0.6) is 11.5 Å². The molecular weight excluding hydrogens is 420 g/mol. The molecule has 2 aromatic heterocycles. The van der Waals surface area contributed by atoms with Crippen molar-refractivity contribution in [2.24, 2.45) is 0 Å². The maximum atomic E-state index is 13.3. The molecule has 164 valence electrons. The molecule has 32 heavy (non-hydrogen) atoms. The number of ether oxygens (including phenoxy) is 2. The topological polar surface area (TPSA) is 107 Å². The molecular formula is C23H19F2N3O4. The molecule has 0 radical (unpaired) electrons. The highest BCUT2D eigenvalue weighted by molar-refractivity contribution is 5.94. The number of H-pyrrole nitrogens is 1. The van der Waals surface area contributed by atoms with Crippen LogP contribution in [-0.4, -0.2) is 22.0 Å². The number of hydrogen-bond donors (Lipinski definition) is 2. The SMILES string of the molecule is Cc1ccc(CC(=O)C2(c3ccc4c(c3)OC(F)(F)O4)CC2)nc1-c1c[nH]c(=O)c(N)c1. The molecule has 1 aromatic carbocycles. The van der Waals surface area contributed by atoms with Crippen LogP contribution < -0.4 is 20.8 Å². The van der Waals surface area contributed by atoms with E-state index in [2.05, 4.69) is 19.4 Å². The Morgan fingerprint density at radius 1 is 1.16 bits per heavy atom. The van der Waals surface area contributed by atoms with Gasteiger partial charge in [-0.25, -0.2) is 0 Å². The average molecular weight is 439 g/mol. The molecule has 5 rings (SSSR count). The Bertz CT molecular complexity index is 1310. The second kappa shape index (κ2) is 6.88. The molecule has 0 unspecified atom stereocenters. The van der Waals surface area contributed by atoms with E-state index >= 15 is 0 Å². The zero-order chi connectivity index (χ0) is 22.7. The number of ketones is 1. The summed E-state index contributed by atoms with van der Waals surface area (Å²) in [5.74, 6) is -0.170. The van der Waals surface area contributed by atoms with Gasteiger partial charge in [0.2, 0.25) is 0 Å². The number of aromatic amines is 1. The van der Waals surface area contributed by atoms with Crippen molar-refractivity contribution in [1.29, 1.82) is 0 Å². The van der Waals surface area contributed by atoms with Gasteiger partial charge in [0.25, 0.3) is 5.56 Å². The minimum atomic E-state index is -3.70. The van der Waals surface area contributed by atoms with Gasteiger partial charge in [-0.05, 0) is 55.2 Å². The van der Waals surface area contributed by atoms with Gasteiger partial charge in [0.15, 0.2) is 11.5 Å². The minimum absolute atomic E-state index is 0.0491. The molecule has 3 N–H and O–H groups in total. The van der Waals surface area contributed by atoms with Gasteiger partial charge in [-0.3, -0.25) is 14.6 Å². The predicted octanol–water partition coefficient (Wildman–Crippen LogP) is 3.49. The Kier molecular flexibility index (Phi) is 4.34. The number of halogens is 2. The predicted molar refractivity (Wildman–Crippen MR) is 112 cm³/mol. The fourth-order valence-electron chi connectivity index (χ4n) is 4.03. The van der Waals surface area contributed by atoms with E-state index in [-0.39, 0.29) is 34.9 Å². The second-order valence-electron chi connectivity index (χ2n) is 8.15. The van der Waals surface area contributed by atoms with Crippen molar-refractivity contribution < 1.29 is 23.0 Å². The number of nitrogens with one attached hydrogen (secondary N) is 1. The van der Waals surface area contributed by atoms with Gasteiger partial charge in [0.1, 0.15) is 5.78 Å². The molecule has 0 bridgehead atoms. The van der Waals surface area contributed by atoms with Gasteiger partial charge in [0.05, 0.1) is 16.8 Å². The number of fused-ring (bicyclic) bond motifs is 1. The molecule has 2 aliphatic rings. The number of aromatic nitrogens is 2. The molecule has 1 saturated carbocycles. The number of nitrogen functional groups attached to an aromatic ring is 1. The Balaban J connectivity index is 1.41. The van der Waals surface area contributed by atoms with Crippen LogP contribution in [0.15, 0.2) is 47.4 Å². The standard InChI is InChI=1S/C23H19F2N3O4/c1-12-2-4-15(28-20(12)13-8-16(26)21(30)27-11-13)10-19(29)22(6-7-22)14-3-5-17-18(9-14)32-23(24,25)31-17/h2-5,8-9,11H,6-7,10,26H2,1H3,(H,27,30). The van der Waals surface area contributed by atoms with Crippen LogP contribution >= 0.6 is 0 Å². The Hall–Kier alpha value is -3.75. The van der Waals surface area contributed by atoms with Crippen molar-refractivity contribution in [1.82, 2.24) is 9.97 Å².